The third-order valence-electron chi connectivity index (χ3n) is 8.54. The maximum absolute atomic E-state index is 14.0. The molecule has 3 aliphatic rings. The molecule has 3 aromatic rings. The van der Waals surface area contributed by atoms with Crippen molar-refractivity contribution in [1.82, 2.24) is 9.80 Å². The first-order chi connectivity index (χ1) is 20.2. The van der Waals surface area contributed by atoms with Crippen LogP contribution in [0.3, 0.4) is 0 Å². The normalized spacial score (nSPS) is 20.5. The van der Waals surface area contributed by atoms with Gasteiger partial charge in [-0.2, -0.15) is 0 Å². The second kappa shape index (κ2) is 11.8. The number of nitrogens with zero attached hydrogens (tertiary/aromatic N) is 3. The highest BCUT2D eigenvalue weighted by molar-refractivity contribution is 6.35. The Morgan fingerprint density at radius 3 is 2.38 bits per heavy atom. The molecule has 1 atom stereocenters. The van der Waals surface area contributed by atoms with Gasteiger partial charge in [-0.25, -0.2) is 0 Å². The van der Waals surface area contributed by atoms with Crippen LogP contribution in [0, 0.1) is 5.41 Å². The lowest BCUT2D eigenvalue weighted by atomic mass is 9.73. The van der Waals surface area contributed by atoms with Crippen molar-refractivity contribution in [2.24, 2.45) is 5.41 Å². The minimum Gasteiger partial charge on any atom is -0.357 e. The quantitative estimate of drug-likeness (QED) is 0.342. The number of anilines is 2. The number of nitrogens with one attached hydrogen (secondary N) is 1. The summed E-state index contributed by atoms with van der Waals surface area (Å²) in [4.78, 5) is 34.3. The van der Waals surface area contributed by atoms with E-state index in [9.17, 15) is 9.59 Å². The van der Waals surface area contributed by atoms with Gasteiger partial charge in [0.05, 0.1) is 24.0 Å². The Bertz CT molecular complexity index is 1530. The fraction of sp³-hybridized carbons (Fsp3) is 0.353. The zero-order valence-corrected chi connectivity index (χ0v) is 25.6. The van der Waals surface area contributed by atoms with Gasteiger partial charge in [0.1, 0.15) is 0 Å². The summed E-state index contributed by atoms with van der Waals surface area (Å²) in [5.41, 5.74) is 5.17. The number of Topliss-reactive ketones (excluding diaryl/α,β-unsaturated/α-hetero) is 1. The molecular weight excluding hydrogens is 567 g/mol. The number of fused-ring (bicyclic) bond motifs is 1. The van der Waals surface area contributed by atoms with Crippen LogP contribution in [0.2, 0.25) is 10.0 Å². The van der Waals surface area contributed by atoms with E-state index < -0.39 is 6.04 Å². The Labute approximate surface area is 257 Å². The van der Waals surface area contributed by atoms with Crippen LogP contribution < -0.4 is 10.2 Å². The SMILES string of the molecule is CC1(C)CC(=O)C2=C(C1)Nc1ccccc1N(CC(=O)N1CCN(Cc3ccccc3)CC1)C2c1ccc(Cl)cc1Cl. The van der Waals surface area contributed by atoms with Crippen molar-refractivity contribution in [2.45, 2.75) is 39.3 Å². The Balaban J connectivity index is 1.34. The first kappa shape index (κ1) is 28.8. The van der Waals surface area contributed by atoms with Gasteiger partial charge in [0, 0.05) is 60.5 Å². The van der Waals surface area contributed by atoms with Gasteiger partial charge in [0.15, 0.2) is 5.78 Å². The number of allylic oxidation sites excluding steroid dienone is 1. The number of benzene rings is 3. The number of carbonyl (C=O) groups is 2. The highest BCUT2D eigenvalue weighted by atomic mass is 35.5. The second-order valence-corrected chi connectivity index (χ2v) is 13.2. The summed E-state index contributed by atoms with van der Waals surface area (Å²) in [6.45, 7) is 8.18. The number of carbonyl (C=O) groups excluding carboxylic acids is 2. The predicted molar refractivity (Wildman–Crippen MR) is 170 cm³/mol. The molecule has 1 N–H and O–H groups in total. The molecule has 1 aliphatic carbocycles. The van der Waals surface area contributed by atoms with E-state index in [4.69, 9.17) is 23.2 Å². The van der Waals surface area contributed by atoms with E-state index >= 15 is 0 Å². The number of hydrogen-bond acceptors (Lipinski definition) is 5. The minimum absolute atomic E-state index is 0.0342. The van der Waals surface area contributed by atoms with Gasteiger partial charge in [-0.05, 0) is 47.2 Å². The lowest BCUT2D eigenvalue weighted by molar-refractivity contribution is -0.131. The molecule has 218 valence electrons. The second-order valence-electron chi connectivity index (χ2n) is 12.3. The van der Waals surface area contributed by atoms with Crippen LogP contribution in [0.4, 0.5) is 11.4 Å². The Morgan fingerprint density at radius 2 is 1.64 bits per heavy atom. The summed E-state index contributed by atoms with van der Waals surface area (Å²) in [7, 11) is 0. The van der Waals surface area contributed by atoms with E-state index in [2.05, 4.69) is 53.2 Å². The largest absolute Gasteiger partial charge is 0.357 e. The third-order valence-corrected chi connectivity index (χ3v) is 9.10. The lowest BCUT2D eigenvalue weighted by Gasteiger charge is -2.40. The molecule has 6 rings (SSSR count). The Hall–Kier alpha value is -3.32. The van der Waals surface area contributed by atoms with Crippen LogP contribution in [0.25, 0.3) is 0 Å². The van der Waals surface area contributed by atoms with Gasteiger partial charge in [0.25, 0.3) is 0 Å². The van der Waals surface area contributed by atoms with Gasteiger partial charge in [-0.1, -0.05) is 85.6 Å². The molecule has 6 nitrogen and oxygen atoms in total. The zero-order chi connectivity index (χ0) is 29.4. The first-order valence-electron chi connectivity index (χ1n) is 14.6. The average molecular weight is 604 g/mol. The Morgan fingerprint density at radius 1 is 0.929 bits per heavy atom. The molecule has 8 heteroatoms. The van der Waals surface area contributed by atoms with Crippen molar-refractivity contribution in [3.05, 3.63) is 105 Å². The maximum Gasteiger partial charge on any atom is 0.242 e. The van der Waals surface area contributed by atoms with Crippen LogP contribution in [-0.4, -0.2) is 54.2 Å². The summed E-state index contributed by atoms with van der Waals surface area (Å²) >= 11 is 13.1. The van der Waals surface area contributed by atoms with E-state index in [-0.39, 0.29) is 23.7 Å². The zero-order valence-electron chi connectivity index (χ0n) is 24.1. The van der Waals surface area contributed by atoms with Gasteiger partial charge in [-0.3, -0.25) is 14.5 Å². The van der Waals surface area contributed by atoms with Crippen molar-refractivity contribution in [2.75, 3.05) is 42.9 Å². The monoisotopic (exact) mass is 602 g/mol. The highest BCUT2D eigenvalue weighted by Gasteiger charge is 2.43. The van der Waals surface area contributed by atoms with Crippen molar-refractivity contribution < 1.29 is 9.59 Å². The minimum atomic E-state index is -0.534. The van der Waals surface area contributed by atoms with Crippen LogP contribution in [0.15, 0.2) is 84.1 Å². The number of hydrogen-bond donors (Lipinski definition) is 1. The first-order valence-corrected chi connectivity index (χ1v) is 15.3. The van der Waals surface area contributed by atoms with Gasteiger partial charge < -0.3 is 15.1 Å². The molecule has 1 saturated heterocycles. The summed E-state index contributed by atoms with van der Waals surface area (Å²) < 4.78 is 0. The van der Waals surface area contributed by atoms with Crippen molar-refractivity contribution in [3.8, 4) is 0 Å². The van der Waals surface area contributed by atoms with Gasteiger partial charge in [-0.15, -0.1) is 0 Å². The molecular formula is C34H36Cl2N4O2. The molecule has 0 spiro atoms. The van der Waals surface area contributed by atoms with Crippen molar-refractivity contribution in [3.63, 3.8) is 0 Å². The van der Waals surface area contributed by atoms with Crippen LogP contribution >= 0.6 is 23.2 Å². The van der Waals surface area contributed by atoms with Gasteiger partial charge in [0.2, 0.25) is 5.91 Å². The van der Waals surface area contributed by atoms with Crippen molar-refractivity contribution in [1.29, 1.82) is 0 Å². The fourth-order valence-electron chi connectivity index (χ4n) is 6.52. The number of rotatable bonds is 5. The average Bonchev–Trinajstić information content (AvgIpc) is 3.08. The molecule has 0 bridgehead atoms. The molecule has 0 saturated carbocycles. The van der Waals surface area contributed by atoms with E-state index in [1.165, 1.54) is 5.56 Å². The predicted octanol–water partition coefficient (Wildman–Crippen LogP) is 6.95. The number of amides is 1. The van der Waals surface area contributed by atoms with E-state index in [1.807, 2.05) is 41.3 Å². The molecule has 3 aromatic carbocycles. The van der Waals surface area contributed by atoms with Crippen molar-refractivity contribution >= 4 is 46.3 Å². The summed E-state index contributed by atoms with van der Waals surface area (Å²) in [5.74, 6) is 0.108. The summed E-state index contributed by atoms with van der Waals surface area (Å²) in [5, 5.41) is 4.61. The van der Waals surface area contributed by atoms with Gasteiger partial charge >= 0.3 is 0 Å². The highest BCUT2D eigenvalue weighted by Crippen LogP contribution is 2.49. The Kier molecular flexibility index (Phi) is 8.05. The molecule has 1 amide bonds. The molecule has 42 heavy (non-hydrogen) atoms. The molecule has 2 heterocycles. The number of piperazine rings is 1. The molecule has 0 aromatic heterocycles. The van der Waals surface area contributed by atoms with E-state index in [1.54, 1.807) is 12.1 Å². The van der Waals surface area contributed by atoms with E-state index in [0.717, 1.165) is 48.7 Å². The number of ketones is 1. The summed E-state index contributed by atoms with van der Waals surface area (Å²) in [6.07, 6.45) is 1.14. The standard InChI is InChI=1S/C34H36Cl2N4O2/c1-34(2)19-28-32(30(41)20-34)33(25-13-12-24(35)18-26(25)36)40(29-11-7-6-10-27(29)37-28)22-31(42)39-16-14-38(15-17-39)21-23-8-4-3-5-9-23/h3-13,18,33,37H,14-17,19-22H2,1-2H3. The van der Waals surface area contributed by atoms with Crippen LogP contribution in [-0.2, 0) is 16.1 Å². The number of para-hydroxylation sites is 2. The van der Waals surface area contributed by atoms with Crippen LogP contribution in [0.5, 0.6) is 0 Å². The molecule has 1 unspecified atom stereocenters. The maximum atomic E-state index is 14.0. The summed E-state index contributed by atoms with van der Waals surface area (Å²) in [6, 6.07) is 23.3. The molecule has 1 fully saturated rings. The number of halogens is 2. The third kappa shape index (κ3) is 5.94. The molecule has 2 aliphatic heterocycles. The lowest BCUT2D eigenvalue weighted by Crippen LogP contribution is -2.51. The fourth-order valence-corrected chi connectivity index (χ4v) is 7.03. The van der Waals surface area contributed by atoms with E-state index in [0.29, 0.717) is 35.1 Å². The molecule has 0 radical (unpaired) electrons. The smallest absolute Gasteiger partial charge is 0.242 e. The topological polar surface area (TPSA) is 55.9 Å². The van der Waals surface area contributed by atoms with Crippen LogP contribution in [0.1, 0.15) is 43.9 Å².